The van der Waals surface area contributed by atoms with Crippen molar-refractivity contribution in [3.05, 3.63) is 94.7 Å². The van der Waals surface area contributed by atoms with Crippen LogP contribution in [0.2, 0.25) is 0 Å². The summed E-state index contributed by atoms with van der Waals surface area (Å²) in [6, 6.07) is 24.3. The van der Waals surface area contributed by atoms with E-state index in [0.717, 1.165) is 20.9 Å². The van der Waals surface area contributed by atoms with E-state index in [4.69, 9.17) is 4.42 Å². The minimum atomic E-state index is -0.325. The van der Waals surface area contributed by atoms with E-state index < -0.39 is 0 Å². The van der Waals surface area contributed by atoms with Gasteiger partial charge in [0.1, 0.15) is 5.76 Å². The lowest BCUT2D eigenvalue weighted by Crippen LogP contribution is -2.17. The zero-order valence-electron chi connectivity index (χ0n) is 16.7. The third-order valence-electron chi connectivity index (χ3n) is 4.43. The first-order valence-electron chi connectivity index (χ1n) is 9.67. The number of nitrogens with zero attached hydrogens (tertiary/aromatic N) is 1. The van der Waals surface area contributed by atoms with Crippen molar-refractivity contribution >= 4 is 62.2 Å². The van der Waals surface area contributed by atoms with Gasteiger partial charge in [0.25, 0.3) is 5.91 Å². The molecule has 0 atom stereocenters. The van der Waals surface area contributed by atoms with E-state index in [1.165, 1.54) is 18.0 Å². The van der Waals surface area contributed by atoms with Crippen LogP contribution in [0.15, 0.2) is 97.9 Å². The smallest absolute Gasteiger partial charge is 0.271 e. The Kier molecular flexibility index (Phi) is 7.03. The molecule has 160 valence electrons. The molecule has 4 aromatic rings. The molecule has 0 bridgehead atoms. The number of rotatable bonds is 7. The zero-order chi connectivity index (χ0) is 22.3. The second-order valence-corrected chi connectivity index (χ2v) is 8.66. The Bertz CT molecular complexity index is 1300. The minimum Gasteiger partial charge on any atom is -0.449 e. The predicted octanol–water partition coefficient (Wildman–Crippen LogP) is 5.69. The van der Waals surface area contributed by atoms with Crippen molar-refractivity contribution in [2.24, 2.45) is 5.10 Å². The Morgan fingerprint density at radius 2 is 1.81 bits per heavy atom. The Hall–Kier alpha value is -3.36. The van der Waals surface area contributed by atoms with Gasteiger partial charge in [0, 0.05) is 15.7 Å². The third kappa shape index (κ3) is 5.87. The van der Waals surface area contributed by atoms with E-state index in [1.807, 2.05) is 48.5 Å². The maximum Gasteiger partial charge on any atom is 0.271 e. The average molecular weight is 508 g/mol. The molecular weight excluding hydrogens is 490 g/mol. The van der Waals surface area contributed by atoms with Gasteiger partial charge < -0.3 is 9.73 Å². The molecule has 4 rings (SSSR count). The summed E-state index contributed by atoms with van der Waals surface area (Å²) in [5.74, 6) is 0.223. The number of hydrazone groups is 1. The number of carbonyl (C=O) groups excluding carboxylic acids is 2. The van der Waals surface area contributed by atoms with E-state index in [-0.39, 0.29) is 17.6 Å². The molecule has 1 aromatic heterocycles. The van der Waals surface area contributed by atoms with Crippen LogP contribution in [0.25, 0.3) is 10.8 Å². The molecule has 6 nitrogen and oxygen atoms in total. The highest BCUT2D eigenvalue weighted by atomic mass is 79.9. The average Bonchev–Trinajstić information content (AvgIpc) is 3.25. The van der Waals surface area contributed by atoms with Crippen LogP contribution in [0, 0.1) is 0 Å². The molecule has 0 aliphatic carbocycles. The van der Waals surface area contributed by atoms with E-state index in [2.05, 4.69) is 31.8 Å². The van der Waals surface area contributed by atoms with Gasteiger partial charge in [0.15, 0.2) is 5.09 Å². The maximum absolute atomic E-state index is 12.3. The summed E-state index contributed by atoms with van der Waals surface area (Å²) in [6.45, 7) is 0. The fourth-order valence-electron chi connectivity index (χ4n) is 2.93. The second kappa shape index (κ2) is 10.3. The van der Waals surface area contributed by atoms with Crippen molar-refractivity contribution < 1.29 is 14.0 Å². The van der Waals surface area contributed by atoms with E-state index in [9.17, 15) is 9.59 Å². The largest absolute Gasteiger partial charge is 0.449 e. The molecule has 2 N–H and O–H groups in total. The van der Waals surface area contributed by atoms with Gasteiger partial charge in [-0.3, -0.25) is 9.59 Å². The number of fused-ring (bicyclic) bond motifs is 1. The molecule has 0 spiro atoms. The first-order chi connectivity index (χ1) is 15.6. The number of furan rings is 1. The van der Waals surface area contributed by atoms with Crippen molar-refractivity contribution in [3.63, 3.8) is 0 Å². The maximum atomic E-state index is 12.3. The molecule has 0 saturated carbocycles. The Labute approximate surface area is 197 Å². The molecular formula is C24H18BrN3O3S. The molecule has 1 heterocycles. The van der Waals surface area contributed by atoms with Crippen molar-refractivity contribution in [3.8, 4) is 0 Å². The second-order valence-electron chi connectivity index (χ2n) is 6.77. The summed E-state index contributed by atoms with van der Waals surface area (Å²) >= 11 is 4.60. The van der Waals surface area contributed by atoms with E-state index in [1.54, 1.807) is 30.3 Å². The summed E-state index contributed by atoms with van der Waals surface area (Å²) in [4.78, 5) is 24.4. The van der Waals surface area contributed by atoms with Crippen molar-refractivity contribution in [1.82, 2.24) is 5.43 Å². The number of hydrogen-bond acceptors (Lipinski definition) is 5. The number of hydrogen-bond donors (Lipinski definition) is 2. The molecule has 32 heavy (non-hydrogen) atoms. The summed E-state index contributed by atoms with van der Waals surface area (Å²) in [5.41, 5.74) is 3.70. The first kappa shape index (κ1) is 21.9. The van der Waals surface area contributed by atoms with E-state index >= 15 is 0 Å². The predicted molar refractivity (Wildman–Crippen MR) is 131 cm³/mol. The molecule has 0 aliphatic heterocycles. The van der Waals surface area contributed by atoms with Gasteiger partial charge in [-0.15, -0.1) is 0 Å². The number of halogens is 1. The Morgan fingerprint density at radius 3 is 2.66 bits per heavy atom. The van der Waals surface area contributed by atoms with Crippen LogP contribution in [-0.2, 0) is 4.79 Å². The number of thioether (sulfide) groups is 1. The molecule has 8 heteroatoms. The summed E-state index contributed by atoms with van der Waals surface area (Å²) in [5, 5.41) is 9.59. The van der Waals surface area contributed by atoms with Crippen LogP contribution in [0.5, 0.6) is 0 Å². The number of nitrogens with one attached hydrogen (secondary N) is 2. The fourth-order valence-corrected chi connectivity index (χ4v) is 4.00. The van der Waals surface area contributed by atoms with Gasteiger partial charge in [-0.1, -0.05) is 64.1 Å². The van der Waals surface area contributed by atoms with Gasteiger partial charge in [0.05, 0.1) is 12.0 Å². The van der Waals surface area contributed by atoms with Crippen LogP contribution in [0.4, 0.5) is 5.69 Å². The zero-order valence-corrected chi connectivity index (χ0v) is 19.2. The number of benzene rings is 3. The number of amides is 2. The first-order valence-corrected chi connectivity index (χ1v) is 11.4. The van der Waals surface area contributed by atoms with Crippen molar-refractivity contribution in [2.75, 3.05) is 11.1 Å². The monoisotopic (exact) mass is 507 g/mol. The lowest BCUT2D eigenvalue weighted by molar-refractivity contribution is -0.113. The quantitative estimate of drug-likeness (QED) is 0.191. The van der Waals surface area contributed by atoms with Crippen molar-refractivity contribution in [2.45, 2.75) is 5.09 Å². The molecule has 0 radical (unpaired) electrons. The Morgan fingerprint density at radius 1 is 0.969 bits per heavy atom. The highest BCUT2D eigenvalue weighted by molar-refractivity contribution is 9.10. The van der Waals surface area contributed by atoms with Gasteiger partial charge in [0.2, 0.25) is 5.91 Å². The SMILES string of the molecule is O=C(CSc1ccc(/C=N\NC(=O)c2cccc(Br)c2)o1)Nc1ccc2ccccc2c1. The molecule has 3 aromatic carbocycles. The van der Waals surface area contributed by atoms with E-state index in [0.29, 0.717) is 16.4 Å². The Balaban J connectivity index is 1.26. The third-order valence-corrected chi connectivity index (χ3v) is 5.83. The van der Waals surface area contributed by atoms with Gasteiger partial charge in [-0.2, -0.15) is 5.10 Å². The summed E-state index contributed by atoms with van der Waals surface area (Å²) < 4.78 is 6.43. The number of anilines is 1. The highest BCUT2D eigenvalue weighted by Gasteiger charge is 2.08. The van der Waals surface area contributed by atoms with Gasteiger partial charge in [-0.25, -0.2) is 5.43 Å². The van der Waals surface area contributed by atoms with Crippen LogP contribution >= 0.6 is 27.7 Å². The highest BCUT2D eigenvalue weighted by Crippen LogP contribution is 2.22. The summed E-state index contributed by atoms with van der Waals surface area (Å²) in [6.07, 6.45) is 1.41. The summed E-state index contributed by atoms with van der Waals surface area (Å²) in [7, 11) is 0. The van der Waals surface area contributed by atoms with Crippen molar-refractivity contribution in [1.29, 1.82) is 0 Å². The standard InChI is InChI=1S/C24H18BrN3O3S/c25-19-7-3-6-18(12-19)24(30)28-26-14-21-10-11-23(31-21)32-15-22(29)27-20-9-8-16-4-1-2-5-17(16)13-20/h1-14H,15H2,(H,27,29)(H,28,30)/b26-14-. The lowest BCUT2D eigenvalue weighted by Gasteiger charge is -2.06. The molecule has 0 saturated heterocycles. The molecule has 2 amide bonds. The topological polar surface area (TPSA) is 83.7 Å². The van der Waals surface area contributed by atoms with Crippen LogP contribution in [0.1, 0.15) is 16.1 Å². The molecule has 0 aliphatic rings. The normalized spacial score (nSPS) is 11.0. The van der Waals surface area contributed by atoms with Crippen LogP contribution < -0.4 is 10.7 Å². The minimum absolute atomic E-state index is 0.127. The van der Waals surface area contributed by atoms with Crippen LogP contribution in [0.3, 0.4) is 0 Å². The van der Waals surface area contributed by atoms with Gasteiger partial charge >= 0.3 is 0 Å². The van der Waals surface area contributed by atoms with Gasteiger partial charge in [-0.05, 0) is 53.2 Å². The number of carbonyl (C=O) groups is 2. The van der Waals surface area contributed by atoms with Crippen LogP contribution in [-0.4, -0.2) is 23.8 Å². The lowest BCUT2D eigenvalue weighted by atomic mass is 10.1. The molecule has 0 fully saturated rings. The molecule has 0 unspecified atom stereocenters. The fraction of sp³-hybridized carbons (Fsp3) is 0.0417.